The van der Waals surface area contributed by atoms with Gasteiger partial charge >= 0.3 is 0 Å². The van der Waals surface area contributed by atoms with Crippen LogP contribution in [-0.4, -0.2) is 22.0 Å². The van der Waals surface area contributed by atoms with Gasteiger partial charge in [0, 0.05) is 29.9 Å². The summed E-state index contributed by atoms with van der Waals surface area (Å²) in [6.45, 7) is 6.27. The van der Waals surface area contributed by atoms with Gasteiger partial charge in [-0.1, -0.05) is 0 Å². The number of hydrogen-bond acceptors (Lipinski definition) is 5. The van der Waals surface area contributed by atoms with Crippen molar-refractivity contribution in [2.24, 2.45) is 0 Å². The van der Waals surface area contributed by atoms with Crippen LogP contribution >= 0.6 is 11.3 Å². The monoisotopic (exact) mass is 284 g/mol. The second-order valence-electron chi connectivity index (χ2n) is 4.80. The number of fused-ring (bicyclic) bond motifs is 1. The van der Waals surface area contributed by atoms with Crippen molar-refractivity contribution < 1.29 is 0 Å². The van der Waals surface area contributed by atoms with E-state index in [9.17, 15) is 0 Å². The highest BCUT2D eigenvalue weighted by atomic mass is 32.1. The lowest BCUT2D eigenvalue weighted by molar-refractivity contribution is 1.19. The SMILES string of the molecule is CNc1nc(-c2ccncc2C)nc2sc(C)c(C)c12. The fraction of sp³-hybridized carbons (Fsp3) is 0.267. The van der Waals surface area contributed by atoms with E-state index in [0.29, 0.717) is 0 Å². The van der Waals surface area contributed by atoms with Crippen LogP contribution in [0.25, 0.3) is 21.6 Å². The molecule has 0 fully saturated rings. The van der Waals surface area contributed by atoms with Crippen LogP contribution in [0.3, 0.4) is 0 Å². The second-order valence-corrected chi connectivity index (χ2v) is 6.00. The van der Waals surface area contributed by atoms with Crippen LogP contribution in [-0.2, 0) is 0 Å². The lowest BCUT2D eigenvalue weighted by Crippen LogP contribution is -1.99. The first-order valence-electron chi connectivity index (χ1n) is 6.48. The maximum Gasteiger partial charge on any atom is 0.163 e. The summed E-state index contributed by atoms with van der Waals surface area (Å²) in [5.74, 6) is 1.64. The Balaban J connectivity index is 2.32. The number of rotatable bonds is 2. The van der Waals surface area contributed by atoms with E-state index in [-0.39, 0.29) is 0 Å². The molecule has 0 aliphatic rings. The normalized spacial score (nSPS) is 11.0. The van der Waals surface area contributed by atoms with E-state index in [0.717, 1.165) is 33.0 Å². The zero-order valence-electron chi connectivity index (χ0n) is 12.0. The third-order valence-corrected chi connectivity index (χ3v) is 4.63. The molecule has 0 aromatic carbocycles. The van der Waals surface area contributed by atoms with Crippen molar-refractivity contribution in [3.63, 3.8) is 0 Å². The standard InChI is InChI=1S/C15H16N4S/c1-8-7-17-6-5-11(8)13-18-14(16-4)12-9(2)10(3)20-15(12)19-13/h5-7H,1-4H3,(H,16,18,19). The van der Waals surface area contributed by atoms with Gasteiger partial charge in [-0.05, 0) is 38.0 Å². The molecule has 0 atom stereocenters. The van der Waals surface area contributed by atoms with Gasteiger partial charge in [-0.25, -0.2) is 9.97 Å². The van der Waals surface area contributed by atoms with Crippen molar-refractivity contribution in [3.8, 4) is 11.4 Å². The third kappa shape index (κ3) is 1.94. The third-order valence-electron chi connectivity index (χ3n) is 3.53. The van der Waals surface area contributed by atoms with Gasteiger partial charge in [-0.2, -0.15) is 0 Å². The number of nitrogens with zero attached hydrogens (tertiary/aromatic N) is 3. The first-order chi connectivity index (χ1) is 9.61. The van der Waals surface area contributed by atoms with Crippen LogP contribution < -0.4 is 5.32 Å². The molecule has 0 radical (unpaired) electrons. The van der Waals surface area contributed by atoms with Gasteiger partial charge < -0.3 is 5.32 Å². The summed E-state index contributed by atoms with van der Waals surface area (Å²) in [6.07, 6.45) is 3.62. The molecule has 102 valence electrons. The molecule has 0 aliphatic carbocycles. The van der Waals surface area contributed by atoms with Crippen molar-refractivity contribution in [2.45, 2.75) is 20.8 Å². The van der Waals surface area contributed by atoms with E-state index in [1.54, 1.807) is 17.5 Å². The fourth-order valence-corrected chi connectivity index (χ4v) is 3.30. The molecule has 0 amide bonds. The molecule has 0 spiro atoms. The molecule has 3 rings (SSSR count). The predicted molar refractivity (Wildman–Crippen MR) is 84.4 cm³/mol. The molecule has 0 bridgehead atoms. The summed E-state index contributed by atoms with van der Waals surface area (Å²) < 4.78 is 0. The Morgan fingerprint density at radius 1 is 1.15 bits per heavy atom. The summed E-state index contributed by atoms with van der Waals surface area (Å²) in [4.78, 5) is 15.9. The van der Waals surface area contributed by atoms with Crippen molar-refractivity contribution in [1.29, 1.82) is 0 Å². The molecule has 0 unspecified atom stereocenters. The summed E-state index contributed by atoms with van der Waals surface area (Å²) in [5, 5.41) is 4.32. The van der Waals surface area contributed by atoms with Gasteiger partial charge in [0.25, 0.3) is 0 Å². The van der Waals surface area contributed by atoms with Gasteiger partial charge in [0.15, 0.2) is 5.82 Å². The minimum absolute atomic E-state index is 0.753. The number of pyridine rings is 1. The van der Waals surface area contributed by atoms with E-state index in [1.807, 2.05) is 26.2 Å². The van der Waals surface area contributed by atoms with Crippen LogP contribution in [0.4, 0.5) is 5.82 Å². The molecule has 3 aromatic rings. The zero-order valence-corrected chi connectivity index (χ0v) is 12.8. The van der Waals surface area contributed by atoms with E-state index >= 15 is 0 Å². The minimum atomic E-state index is 0.753. The Hall–Kier alpha value is -2.01. The largest absolute Gasteiger partial charge is 0.372 e. The molecule has 0 aliphatic heterocycles. The predicted octanol–water partition coefficient (Wildman–Crippen LogP) is 3.72. The first-order valence-corrected chi connectivity index (χ1v) is 7.30. The second kappa shape index (κ2) is 4.83. The van der Waals surface area contributed by atoms with Gasteiger partial charge in [-0.15, -0.1) is 11.3 Å². The van der Waals surface area contributed by atoms with Crippen LogP contribution in [0, 0.1) is 20.8 Å². The van der Waals surface area contributed by atoms with Crippen molar-refractivity contribution in [2.75, 3.05) is 12.4 Å². The molecule has 3 aromatic heterocycles. The molecule has 20 heavy (non-hydrogen) atoms. The van der Waals surface area contributed by atoms with E-state index in [2.05, 4.69) is 29.1 Å². The quantitative estimate of drug-likeness (QED) is 0.779. The number of aryl methyl sites for hydroxylation is 3. The fourth-order valence-electron chi connectivity index (χ4n) is 2.28. The number of thiophene rings is 1. The average molecular weight is 284 g/mol. The molecular formula is C15H16N4S. The molecule has 4 nitrogen and oxygen atoms in total. The average Bonchev–Trinajstić information content (AvgIpc) is 2.73. The van der Waals surface area contributed by atoms with Crippen molar-refractivity contribution in [3.05, 3.63) is 34.5 Å². The number of nitrogens with one attached hydrogen (secondary N) is 1. The molecule has 3 heterocycles. The van der Waals surface area contributed by atoms with Crippen LogP contribution in [0.15, 0.2) is 18.5 Å². The molecular weight excluding hydrogens is 268 g/mol. The summed E-state index contributed by atoms with van der Waals surface area (Å²) >= 11 is 1.72. The summed E-state index contributed by atoms with van der Waals surface area (Å²) in [7, 11) is 1.90. The Morgan fingerprint density at radius 2 is 1.95 bits per heavy atom. The molecule has 5 heteroatoms. The maximum absolute atomic E-state index is 4.74. The Labute approximate surface area is 121 Å². The van der Waals surface area contributed by atoms with Crippen LogP contribution in [0.2, 0.25) is 0 Å². The Morgan fingerprint density at radius 3 is 2.65 bits per heavy atom. The van der Waals surface area contributed by atoms with Crippen LogP contribution in [0.5, 0.6) is 0 Å². The van der Waals surface area contributed by atoms with E-state index in [4.69, 9.17) is 4.98 Å². The number of hydrogen-bond donors (Lipinski definition) is 1. The van der Waals surface area contributed by atoms with Gasteiger partial charge in [0.1, 0.15) is 10.6 Å². The first kappa shape index (κ1) is 13.0. The maximum atomic E-state index is 4.74. The molecule has 1 N–H and O–H groups in total. The van der Waals surface area contributed by atoms with Gasteiger partial charge in [0.2, 0.25) is 0 Å². The number of aromatic nitrogens is 3. The van der Waals surface area contributed by atoms with Gasteiger partial charge in [-0.3, -0.25) is 4.98 Å². The van der Waals surface area contributed by atoms with E-state index < -0.39 is 0 Å². The smallest absolute Gasteiger partial charge is 0.163 e. The van der Waals surface area contributed by atoms with E-state index in [1.165, 1.54) is 10.4 Å². The highest BCUT2D eigenvalue weighted by Gasteiger charge is 2.15. The Kier molecular flexibility index (Phi) is 3.14. The lowest BCUT2D eigenvalue weighted by atomic mass is 10.1. The molecule has 0 saturated heterocycles. The highest BCUT2D eigenvalue weighted by Crippen LogP contribution is 2.35. The number of anilines is 1. The van der Waals surface area contributed by atoms with Crippen molar-refractivity contribution >= 4 is 27.4 Å². The summed E-state index contributed by atoms with van der Waals surface area (Å²) in [6, 6.07) is 1.96. The molecule has 0 saturated carbocycles. The minimum Gasteiger partial charge on any atom is -0.372 e. The lowest BCUT2D eigenvalue weighted by Gasteiger charge is -2.08. The zero-order chi connectivity index (χ0) is 14.3. The van der Waals surface area contributed by atoms with Crippen molar-refractivity contribution in [1.82, 2.24) is 15.0 Å². The van der Waals surface area contributed by atoms with Crippen LogP contribution in [0.1, 0.15) is 16.0 Å². The summed E-state index contributed by atoms with van der Waals surface area (Å²) in [5.41, 5.74) is 3.37. The highest BCUT2D eigenvalue weighted by molar-refractivity contribution is 7.18. The van der Waals surface area contributed by atoms with Gasteiger partial charge in [0.05, 0.1) is 5.39 Å². The topological polar surface area (TPSA) is 50.7 Å². The Bertz CT molecular complexity index is 792.